The lowest BCUT2D eigenvalue weighted by molar-refractivity contribution is 0.150. The van der Waals surface area contributed by atoms with Crippen LogP contribution in [0.5, 0.6) is 5.88 Å². The monoisotopic (exact) mass is 237 g/mol. The Morgan fingerprint density at radius 3 is 2.58 bits per heavy atom. The van der Waals surface area contributed by atoms with Gasteiger partial charge in [0.05, 0.1) is 12.7 Å². The first-order valence-electron chi connectivity index (χ1n) is 3.13. The van der Waals surface area contributed by atoms with Crippen molar-refractivity contribution in [3.05, 3.63) is 22.3 Å². The molecule has 0 N–H and O–H groups in total. The maximum Gasteiger partial charge on any atom is 0.266 e. The van der Waals surface area contributed by atoms with Crippen LogP contribution in [0.2, 0.25) is 0 Å². The number of ether oxygens (including phenoxy) is 1. The van der Waals surface area contributed by atoms with Gasteiger partial charge in [-0.3, -0.25) is 0 Å². The molecule has 0 saturated heterocycles. The van der Waals surface area contributed by atoms with Crippen molar-refractivity contribution in [1.29, 1.82) is 0 Å². The average molecular weight is 238 g/mol. The van der Waals surface area contributed by atoms with Crippen molar-refractivity contribution in [3.63, 3.8) is 0 Å². The summed E-state index contributed by atoms with van der Waals surface area (Å²) in [5, 5.41) is 0. The molecule has 2 nitrogen and oxygen atoms in total. The molecule has 0 aliphatic heterocycles. The van der Waals surface area contributed by atoms with Gasteiger partial charge in [-0.05, 0) is 22.0 Å². The Balaban J connectivity index is 3.03. The van der Waals surface area contributed by atoms with E-state index < -0.39 is 6.43 Å². The van der Waals surface area contributed by atoms with Gasteiger partial charge in [-0.1, -0.05) is 0 Å². The number of halogens is 3. The molecule has 1 heterocycles. The van der Waals surface area contributed by atoms with Crippen LogP contribution in [0.4, 0.5) is 8.78 Å². The minimum absolute atomic E-state index is 0.122. The van der Waals surface area contributed by atoms with Gasteiger partial charge in [0, 0.05) is 6.07 Å². The number of pyridine rings is 1. The quantitative estimate of drug-likeness (QED) is 0.739. The van der Waals surface area contributed by atoms with Gasteiger partial charge in [0.15, 0.2) is 0 Å². The molecule has 0 unspecified atom stereocenters. The zero-order valence-corrected chi connectivity index (χ0v) is 7.81. The van der Waals surface area contributed by atoms with Crippen LogP contribution in [0, 0.1) is 0 Å². The summed E-state index contributed by atoms with van der Waals surface area (Å²) in [6.07, 6.45) is -2.52. The van der Waals surface area contributed by atoms with Crippen LogP contribution in [-0.4, -0.2) is 12.1 Å². The highest BCUT2D eigenvalue weighted by Crippen LogP contribution is 2.27. The summed E-state index contributed by atoms with van der Waals surface area (Å²) >= 11 is 2.92. The van der Waals surface area contributed by atoms with E-state index in [4.69, 9.17) is 4.74 Å². The number of rotatable bonds is 2. The third-order valence-electron chi connectivity index (χ3n) is 1.30. The molecule has 0 bridgehead atoms. The van der Waals surface area contributed by atoms with E-state index in [-0.39, 0.29) is 10.2 Å². The SMILES string of the molecule is COc1ccc(C(F)F)c(Br)n1. The first-order chi connectivity index (χ1) is 5.65. The molecule has 5 heteroatoms. The normalized spacial score (nSPS) is 10.4. The molecule has 0 spiro atoms. The second-order valence-corrected chi connectivity index (χ2v) is 2.79. The lowest BCUT2D eigenvalue weighted by Crippen LogP contribution is -1.92. The first kappa shape index (κ1) is 9.38. The number of aromatic nitrogens is 1. The average Bonchev–Trinajstić information content (AvgIpc) is 2.03. The second kappa shape index (κ2) is 3.80. The summed E-state index contributed by atoms with van der Waals surface area (Å²) in [7, 11) is 1.43. The number of hydrogen-bond donors (Lipinski definition) is 0. The molecule has 66 valence electrons. The fourth-order valence-corrected chi connectivity index (χ4v) is 1.18. The summed E-state index contributed by atoms with van der Waals surface area (Å²) in [4.78, 5) is 3.73. The van der Waals surface area contributed by atoms with Crippen LogP contribution in [-0.2, 0) is 0 Å². The molecule has 0 fully saturated rings. The Kier molecular flexibility index (Phi) is 2.97. The Morgan fingerprint density at radius 1 is 1.50 bits per heavy atom. The fraction of sp³-hybridized carbons (Fsp3) is 0.286. The van der Waals surface area contributed by atoms with Gasteiger partial charge in [-0.25, -0.2) is 13.8 Å². The largest absolute Gasteiger partial charge is 0.481 e. The van der Waals surface area contributed by atoms with E-state index in [0.717, 1.165) is 0 Å². The molecule has 1 aromatic heterocycles. The minimum atomic E-state index is -2.52. The Hall–Kier alpha value is -0.710. The Labute approximate surface area is 76.7 Å². The van der Waals surface area contributed by atoms with Crippen molar-refractivity contribution in [2.75, 3.05) is 7.11 Å². The summed E-state index contributed by atoms with van der Waals surface area (Å²) in [6.45, 7) is 0. The number of hydrogen-bond acceptors (Lipinski definition) is 2. The summed E-state index contributed by atoms with van der Waals surface area (Å²) in [6, 6.07) is 2.67. The van der Waals surface area contributed by atoms with Crippen molar-refractivity contribution in [2.24, 2.45) is 0 Å². The maximum atomic E-state index is 12.2. The fourth-order valence-electron chi connectivity index (χ4n) is 0.705. The highest BCUT2D eigenvalue weighted by molar-refractivity contribution is 9.10. The highest BCUT2D eigenvalue weighted by Gasteiger charge is 2.12. The molecule has 1 rings (SSSR count). The van der Waals surface area contributed by atoms with E-state index in [9.17, 15) is 8.78 Å². The molecular weight excluding hydrogens is 232 g/mol. The molecule has 0 aromatic carbocycles. The minimum Gasteiger partial charge on any atom is -0.481 e. The van der Waals surface area contributed by atoms with Crippen LogP contribution in [0.3, 0.4) is 0 Å². The molecule has 0 amide bonds. The molecule has 0 radical (unpaired) electrons. The smallest absolute Gasteiger partial charge is 0.266 e. The Morgan fingerprint density at radius 2 is 2.17 bits per heavy atom. The molecule has 0 saturated carbocycles. The van der Waals surface area contributed by atoms with E-state index in [1.165, 1.54) is 19.2 Å². The zero-order valence-electron chi connectivity index (χ0n) is 6.22. The van der Waals surface area contributed by atoms with Crippen LogP contribution < -0.4 is 4.74 Å². The zero-order chi connectivity index (χ0) is 9.14. The molecule has 12 heavy (non-hydrogen) atoms. The van der Waals surface area contributed by atoms with E-state index >= 15 is 0 Å². The van der Waals surface area contributed by atoms with E-state index in [0.29, 0.717) is 5.88 Å². The van der Waals surface area contributed by atoms with Crippen LogP contribution in [0.15, 0.2) is 16.7 Å². The van der Waals surface area contributed by atoms with E-state index in [1.54, 1.807) is 0 Å². The van der Waals surface area contributed by atoms with Gasteiger partial charge in [-0.15, -0.1) is 0 Å². The van der Waals surface area contributed by atoms with Gasteiger partial charge in [0.2, 0.25) is 5.88 Å². The third-order valence-corrected chi connectivity index (χ3v) is 1.93. The van der Waals surface area contributed by atoms with Gasteiger partial charge in [0.25, 0.3) is 6.43 Å². The van der Waals surface area contributed by atoms with Crippen molar-refractivity contribution in [3.8, 4) is 5.88 Å². The molecular formula is C7H6BrF2NO. The highest BCUT2D eigenvalue weighted by atomic mass is 79.9. The van der Waals surface area contributed by atoms with E-state index in [2.05, 4.69) is 20.9 Å². The van der Waals surface area contributed by atoms with Crippen molar-refractivity contribution in [2.45, 2.75) is 6.43 Å². The maximum absolute atomic E-state index is 12.2. The van der Waals surface area contributed by atoms with Crippen molar-refractivity contribution >= 4 is 15.9 Å². The standard InChI is InChI=1S/C7H6BrF2NO/c1-12-5-3-2-4(7(9)10)6(8)11-5/h2-3,7H,1H3. The van der Waals surface area contributed by atoms with Gasteiger partial charge in [-0.2, -0.15) is 0 Å². The number of nitrogens with zero attached hydrogens (tertiary/aromatic N) is 1. The second-order valence-electron chi connectivity index (χ2n) is 2.03. The van der Waals surface area contributed by atoms with Crippen molar-refractivity contribution < 1.29 is 13.5 Å². The summed E-state index contributed by atoms with van der Waals surface area (Å²) < 4.78 is 29.2. The predicted molar refractivity (Wildman–Crippen MR) is 43.4 cm³/mol. The van der Waals surface area contributed by atoms with Crippen LogP contribution in [0.1, 0.15) is 12.0 Å². The summed E-state index contributed by atoms with van der Waals surface area (Å²) in [5.41, 5.74) is -0.129. The predicted octanol–water partition coefficient (Wildman–Crippen LogP) is 2.79. The van der Waals surface area contributed by atoms with Crippen molar-refractivity contribution in [1.82, 2.24) is 4.98 Å². The van der Waals surface area contributed by atoms with Gasteiger partial charge < -0.3 is 4.74 Å². The third kappa shape index (κ3) is 1.91. The Bertz CT molecular complexity index is 280. The van der Waals surface area contributed by atoms with Crippen LogP contribution in [0.25, 0.3) is 0 Å². The molecule has 1 aromatic rings. The topological polar surface area (TPSA) is 22.1 Å². The number of alkyl halides is 2. The lowest BCUT2D eigenvalue weighted by atomic mass is 10.3. The molecule has 0 aliphatic rings. The van der Waals surface area contributed by atoms with Gasteiger partial charge in [0.1, 0.15) is 4.60 Å². The molecule has 0 aliphatic carbocycles. The molecule has 0 atom stereocenters. The lowest BCUT2D eigenvalue weighted by Gasteiger charge is -2.03. The van der Waals surface area contributed by atoms with Crippen LogP contribution >= 0.6 is 15.9 Å². The van der Waals surface area contributed by atoms with E-state index in [1.807, 2.05) is 0 Å². The van der Waals surface area contributed by atoms with Gasteiger partial charge >= 0.3 is 0 Å². The number of methoxy groups -OCH3 is 1. The summed E-state index contributed by atoms with van der Waals surface area (Å²) in [5.74, 6) is 0.311. The first-order valence-corrected chi connectivity index (χ1v) is 3.93.